The number of aromatic amines is 1. The lowest BCUT2D eigenvalue weighted by molar-refractivity contribution is 0.868. The zero-order chi connectivity index (χ0) is 18.9. The molecule has 5 aromatic rings. The van der Waals surface area contributed by atoms with Crippen LogP contribution < -0.4 is 0 Å². The van der Waals surface area contributed by atoms with Crippen LogP contribution in [-0.2, 0) is 0 Å². The second kappa shape index (κ2) is 6.83. The average Bonchev–Trinajstić information content (AvgIpc) is 3.12. The number of aromatic nitrogens is 4. The standard InChI is InChI=1S/C22H15N5S/c28-22-26-25-21(20-11-5-6-12-23-20)27(22)24-14-19-17-9-3-1-7-15(17)13-16-8-2-4-10-18(16)19/h1-14H,(H,26,28)/b24-14-. The molecule has 0 bridgehead atoms. The molecule has 0 unspecified atom stereocenters. The van der Waals surface area contributed by atoms with Gasteiger partial charge in [0, 0.05) is 11.8 Å². The van der Waals surface area contributed by atoms with Crippen molar-refractivity contribution in [3.8, 4) is 11.5 Å². The SMILES string of the molecule is S=c1[nH]nc(-c2ccccn2)n1/N=C\c1c2ccccc2cc2ccccc12. The van der Waals surface area contributed by atoms with E-state index in [4.69, 9.17) is 12.2 Å². The highest BCUT2D eigenvalue weighted by molar-refractivity contribution is 7.71. The van der Waals surface area contributed by atoms with Crippen LogP contribution in [0.1, 0.15) is 5.56 Å². The average molecular weight is 381 g/mol. The molecule has 1 N–H and O–H groups in total. The predicted octanol–water partition coefficient (Wildman–Crippen LogP) is 5.19. The molecule has 28 heavy (non-hydrogen) atoms. The van der Waals surface area contributed by atoms with Crippen molar-refractivity contribution in [1.82, 2.24) is 19.9 Å². The number of nitrogens with zero attached hydrogens (tertiary/aromatic N) is 4. The van der Waals surface area contributed by atoms with E-state index in [2.05, 4.69) is 50.6 Å². The predicted molar refractivity (Wildman–Crippen MR) is 115 cm³/mol. The number of nitrogens with one attached hydrogen (secondary N) is 1. The number of H-pyrrole nitrogens is 1. The van der Waals surface area contributed by atoms with E-state index in [1.165, 1.54) is 10.8 Å². The smallest absolute Gasteiger partial charge is 0.216 e. The molecule has 5 rings (SSSR count). The Bertz CT molecular complexity index is 1330. The molecule has 0 fully saturated rings. The quantitative estimate of drug-likeness (QED) is 0.266. The maximum Gasteiger partial charge on any atom is 0.216 e. The summed E-state index contributed by atoms with van der Waals surface area (Å²) in [4.78, 5) is 4.35. The minimum Gasteiger partial charge on any atom is -0.253 e. The van der Waals surface area contributed by atoms with Gasteiger partial charge in [0.25, 0.3) is 0 Å². The molecule has 2 heterocycles. The summed E-state index contributed by atoms with van der Waals surface area (Å²) in [5, 5.41) is 16.4. The van der Waals surface area contributed by atoms with E-state index >= 15 is 0 Å². The van der Waals surface area contributed by atoms with Crippen LogP contribution in [0.4, 0.5) is 0 Å². The fourth-order valence-corrected chi connectivity index (χ4v) is 3.54. The zero-order valence-corrected chi connectivity index (χ0v) is 15.6. The Hall–Kier alpha value is -3.64. The summed E-state index contributed by atoms with van der Waals surface area (Å²) in [7, 11) is 0. The summed E-state index contributed by atoms with van der Waals surface area (Å²) in [6, 6.07) is 24.5. The summed E-state index contributed by atoms with van der Waals surface area (Å²) < 4.78 is 2.02. The Kier molecular flexibility index (Phi) is 4.03. The van der Waals surface area contributed by atoms with Crippen LogP contribution >= 0.6 is 12.2 Å². The van der Waals surface area contributed by atoms with Gasteiger partial charge in [0.15, 0.2) is 0 Å². The topological polar surface area (TPSA) is 58.9 Å². The van der Waals surface area contributed by atoms with Crippen LogP contribution in [0.5, 0.6) is 0 Å². The summed E-state index contributed by atoms with van der Waals surface area (Å²) in [5.74, 6) is 0.575. The Morgan fingerprint density at radius 1 is 0.893 bits per heavy atom. The first-order chi connectivity index (χ1) is 13.8. The Morgan fingerprint density at radius 2 is 1.57 bits per heavy atom. The van der Waals surface area contributed by atoms with Gasteiger partial charge in [-0.05, 0) is 52.0 Å². The lowest BCUT2D eigenvalue weighted by Crippen LogP contribution is -1.97. The zero-order valence-electron chi connectivity index (χ0n) is 14.8. The van der Waals surface area contributed by atoms with Crippen molar-refractivity contribution < 1.29 is 0 Å². The Morgan fingerprint density at radius 3 is 2.25 bits per heavy atom. The second-order valence-corrected chi connectivity index (χ2v) is 6.74. The summed E-state index contributed by atoms with van der Waals surface area (Å²) in [6.07, 6.45) is 3.57. The maximum absolute atomic E-state index is 5.38. The minimum atomic E-state index is 0.418. The number of hydrogen-bond donors (Lipinski definition) is 1. The first-order valence-electron chi connectivity index (χ1n) is 8.85. The van der Waals surface area contributed by atoms with Gasteiger partial charge in [-0.1, -0.05) is 54.6 Å². The van der Waals surface area contributed by atoms with Gasteiger partial charge in [0.1, 0.15) is 5.69 Å². The third-order valence-corrected chi connectivity index (χ3v) is 4.92. The van der Waals surface area contributed by atoms with Crippen molar-refractivity contribution in [2.24, 2.45) is 5.10 Å². The van der Waals surface area contributed by atoms with Gasteiger partial charge < -0.3 is 0 Å². The van der Waals surface area contributed by atoms with Crippen molar-refractivity contribution in [3.05, 3.63) is 89.3 Å². The van der Waals surface area contributed by atoms with E-state index in [1.807, 2.05) is 48.7 Å². The van der Waals surface area contributed by atoms with Crippen LogP contribution in [0.15, 0.2) is 84.1 Å². The number of benzene rings is 3. The number of fused-ring (bicyclic) bond motifs is 2. The van der Waals surface area contributed by atoms with Crippen molar-refractivity contribution in [3.63, 3.8) is 0 Å². The van der Waals surface area contributed by atoms with E-state index in [0.717, 1.165) is 16.3 Å². The van der Waals surface area contributed by atoms with Crippen molar-refractivity contribution in [1.29, 1.82) is 0 Å². The highest BCUT2D eigenvalue weighted by Crippen LogP contribution is 2.27. The molecule has 0 aliphatic rings. The Labute approximate surface area is 166 Å². The molecular formula is C22H15N5S. The monoisotopic (exact) mass is 381 g/mol. The van der Waals surface area contributed by atoms with Crippen LogP contribution in [0.2, 0.25) is 0 Å². The van der Waals surface area contributed by atoms with Crippen LogP contribution in [0.25, 0.3) is 33.1 Å². The molecular weight excluding hydrogens is 366 g/mol. The van der Waals surface area contributed by atoms with E-state index in [1.54, 1.807) is 10.9 Å². The molecule has 0 aliphatic carbocycles. The Balaban J connectivity index is 1.72. The fraction of sp³-hybridized carbons (Fsp3) is 0. The summed E-state index contributed by atoms with van der Waals surface area (Å²) in [6.45, 7) is 0. The van der Waals surface area contributed by atoms with Gasteiger partial charge in [-0.15, -0.1) is 0 Å². The van der Waals surface area contributed by atoms with Crippen LogP contribution in [0.3, 0.4) is 0 Å². The van der Waals surface area contributed by atoms with Gasteiger partial charge in [-0.2, -0.15) is 14.9 Å². The van der Waals surface area contributed by atoms with Gasteiger partial charge in [0.2, 0.25) is 10.6 Å². The van der Waals surface area contributed by atoms with E-state index in [9.17, 15) is 0 Å². The highest BCUT2D eigenvalue weighted by Gasteiger charge is 2.10. The lowest BCUT2D eigenvalue weighted by Gasteiger charge is -2.08. The van der Waals surface area contributed by atoms with Crippen molar-refractivity contribution in [2.75, 3.05) is 0 Å². The molecule has 3 aromatic carbocycles. The first-order valence-corrected chi connectivity index (χ1v) is 9.26. The van der Waals surface area contributed by atoms with Gasteiger partial charge >= 0.3 is 0 Å². The summed E-state index contributed by atoms with van der Waals surface area (Å²) >= 11 is 5.38. The molecule has 2 aromatic heterocycles. The fourth-order valence-electron chi connectivity index (χ4n) is 3.36. The van der Waals surface area contributed by atoms with Gasteiger partial charge in [-0.25, -0.2) is 5.10 Å². The summed E-state index contributed by atoms with van der Waals surface area (Å²) in [5.41, 5.74) is 1.75. The normalized spacial score (nSPS) is 11.6. The van der Waals surface area contributed by atoms with E-state index < -0.39 is 0 Å². The van der Waals surface area contributed by atoms with E-state index in [-0.39, 0.29) is 0 Å². The third-order valence-electron chi connectivity index (χ3n) is 4.66. The first kappa shape index (κ1) is 16.5. The molecule has 0 spiro atoms. The molecule has 0 amide bonds. The minimum absolute atomic E-state index is 0.418. The lowest BCUT2D eigenvalue weighted by atomic mass is 9.97. The number of pyridine rings is 1. The van der Waals surface area contributed by atoms with Crippen LogP contribution in [0, 0.1) is 4.77 Å². The molecule has 0 saturated heterocycles. The third kappa shape index (κ3) is 2.80. The van der Waals surface area contributed by atoms with Crippen molar-refractivity contribution in [2.45, 2.75) is 0 Å². The largest absolute Gasteiger partial charge is 0.253 e. The number of rotatable bonds is 3. The molecule has 0 saturated carbocycles. The van der Waals surface area contributed by atoms with Gasteiger partial charge in [-0.3, -0.25) is 4.98 Å². The molecule has 0 atom stereocenters. The van der Waals surface area contributed by atoms with Crippen LogP contribution in [-0.4, -0.2) is 26.1 Å². The molecule has 5 nitrogen and oxygen atoms in total. The van der Waals surface area contributed by atoms with Crippen molar-refractivity contribution >= 4 is 40.0 Å². The maximum atomic E-state index is 5.38. The number of hydrogen-bond acceptors (Lipinski definition) is 4. The molecule has 134 valence electrons. The molecule has 6 heteroatoms. The molecule has 0 aliphatic heterocycles. The second-order valence-electron chi connectivity index (χ2n) is 6.36. The highest BCUT2D eigenvalue weighted by atomic mass is 32.1. The van der Waals surface area contributed by atoms with E-state index in [0.29, 0.717) is 16.3 Å². The molecule has 0 radical (unpaired) electrons. The van der Waals surface area contributed by atoms with Gasteiger partial charge in [0.05, 0.1) is 6.21 Å².